The molecule has 0 saturated heterocycles. The summed E-state index contributed by atoms with van der Waals surface area (Å²) in [5.74, 6) is -0.364. The van der Waals surface area contributed by atoms with Crippen molar-refractivity contribution in [3.8, 4) is 0 Å². The Bertz CT molecular complexity index is 880. The Balaban J connectivity index is 1.85. The van der Waals surface area contributed by atoms with Gasteiger partial charge in [-0.25, -0.2) is 13.2 Å². The number of hydrogen-bond donors (Lipinski definition) is 2. The van der Waals surface area contributed by atoms with E-state index >= 15 is 0 Å². The number of sulfonamides is 1. The zero-order chi connectivity index (χ0) is 21.6. The van der Waals surface area contributed by atoms with E-state index in [2.05, 4.69) is 28.9 Å². The van der Waals surface area contributed by atoms with Crippen LogP contribution >= 0.6 is 0 Å². The minimum absolute atomic E-state index is 0.00187. The standard InChI is InChI=1S/C20H29N3O5S/c1-13(2)8-7-9-14(3)21-18(24)12-28-20(25)15(4)22-19-16-10-5-6-11-17(16)29(26,27)23-19/h5-6,10-11,13-15H,7-9,12H2,1-4H3,(H,21,24)(H,22,23)/t14-,15+/m1/s1. The van der Waals surface area contributed by atoms with E-state index < -0.39 is 28.6 Å². The number of rotatable bonds is 9. The quantitative estimate of drug-likeness (QED) is 0.590. The molecular weight excluding hydrogens is 394 g/mol. The number of carbonyl (C=O) groups is 2. The summed E-state index contributed by atoms with van der Waals surface area (Å²) >= 11 is 0. The van der Waals surface area contributed by atoms with Gasteiger partial charge in [0.05, 0.1) is 4.90 Å². The number of fused-ring (bicyclic) bond motifs is 1. The first-order chi connectivity index (χ1) is 13.6. The molecule has 1 aliphatic rings. The summed E-state index contributed by atoms with van der Waals surface area (Å²) in [7, 11) is -3.68. The van der Waals surface area contributed by atoms with Gasteiger partial charge in [0.25, 0.3) is 15.9 Å². The van der Waals surface area contributed by atoms with E-state index in [1.54, 1.807) is 18.2 Å². The molecule has 2 atom stereocenters. The fraction of sp³-hybridized carbons (Fsp3) is 0.550. The Hall–Kier alpha value is -2.42. The van der Waals surface area contributed by atoms with Gasteiger partial charge in [0.2, 0.25) is 0 Å². The maximum absolute atomic E-state index is 12.2. The number of hydrogen-bond acceptors (Lipinski definition) is 6. The van der Waals surface area contributed by atoms with Gasteiger partial charge in [-0.1, -0.05) is 38.8 Å². The Labute approximate surface area is 172 Å². The van der Waals surface area contributed by atoms with Crippen LogP contribution in [0.1, 0.15) is 52.5 Å². The second kappa shape index (κ2) is 9.87. The van der Waals surface area contributed by atoms with Gasteiger partial charge in [0, 0.05) is 11.6 Å². The monoisotopic (exact) mass is 423 g/mol. The SMILES string of the molecule is CC(C)CCC[C@@H](C)NC(=O)COC(=O)[C@H](C)N=C1NS(=O)(=O)c2ccccc21. The van der Waals surface area contributed by atoms with Gasteiger partial charge in [0.1, 0.15) is 11.9 Å². The van der Waals surface area contributed by atoms with Crippen LogP contribution in [0, 0.1) is 5.92 Å². The van der Waals surface area contributed by atoms with Crippen molar-refractivity contribution in [2.75, 3.05) is 6.61 Å². The van der Waals surface area contributed by atoms with Crippen LogP contribution in [-0.2, 0) is 24.3 Å². The molecule has 160 valence electrons. The second-order valence-electron chi connectivity index (χ2n) is 7.66. The number of amides is 1. The zero-order valence-electron chi connectivity index (χ0n) is 17.3. The fourth-order valence-electron chi connectivity index (χ4n) is 2.95. The van der Waals surface area contributed by atoms with E-state index in [1.165, 1.54) is 13.0 Å². The lowest BCUT2D eigenvalue weighted by molar-refractivity contribution is -0.149. The predicted molar refractivity (Wildman–Crippen MR) is 110 cm³/mol. The number of amidine groups is 1. The summed E-state index contributed by atoms with van der Waals surface area (Å²) in [5, 5.41) is 2.80. The van der Waals surface area contributed by atoms with E-state index in [-0.39, 0.29) is 22.7 Å². The van der Waals surface area contributed by atoms with Gasteiger partial charge in [-0.3, -0.25) is 14.5 Å². The van der Waals surface area contributed by atoms with Crippen molar-refractivity contribution in [1.29, 1.82) is 0 Å². The lowest BCUT2D eigenvalue weighted by Gasteiger charge is -2.15. The molecule has 1 aromatic rings. The maximum Gasteiger partial charge on any atom is 0.331 e. The highest BCUT2D eigenvalue weighted by Gasteiger charge is 2.31. The molecule has 0 saturated carbocycles. The van der Waals surface area contributed by atoms with Gasteiger partial charge < -0.3 is 10.1 Å². The molecule has 0 bridgehead atoms. The average Bonchev–Trinajstić information content (AvgIpc) is 2.90. The molecule has 1 amide bonds. The van der Waals surface area contributed by atoms with Crippen LogP contribution in [0.3, 0.4) is 0 Å². The van der Waals surface area contributed by atoms with Crippen LogP contribution in [0.4, 0.5) is 0 Å². The molecule has 0 aliphatic carbocycles. The van der Waals surface area contributed by atoms with Gasteiger partial charge >= 0.3 is 5.97 Å². The number of aliphatic imine (C=N–C) groups is 1. The zero-order valence-corrected chi connectivity index (χ0v) is 18.1. The van der Waals surface area contributed by atoms with Crippen LogP contribution in [-0.4, -0.2) is 44.8 Å². The summed E-state index contributed by atoms with van der Waals surface area (Å²) < 4.78 is 31.5. The first-order valence-electron chi connectivity index (χ1n) is 9.76. The van der Waals surface area contributed by atoms with Gasteiger partial charge in [-0.2, -0.15) is 0 Å². The Kier molecular flexibility index (Phi) is 7.78. The van der Waals surface area contributed by atoms with E-state index in [4.69, 9.17) is 4.74 Å². The van der Waals surface area contributed by atoms with Crippen LogP contribution < -0.4 is 10.0 Å². The summed E-state index contributed by atoms with van der Waals surface area (Å²) in [5.41, 5.74) is 0.403. The van der Waals surface area contributed by atoms with Gasteiger partial charge in [0.15, 0.2) is 6.61 Å². The van der Waals surface area contributed by atoms with Crippen molar-refractivity contribution in [3.63, 3.8) is 0 Å². The molecule has 1 aromatic carbocycles. The minimum Gasteiger partial charge on any atom is -0.454 e. The lowest BCUT2D eigenvalue weighted by atomic mass is 10.0. The number of benzene rings is 1. The van der Waals surface area contributed by atoms with E-state index in [1.807, 2.05) is 6.92 Å². The number of nitrogens with one attached hydrogen (secondary N) is 2. The van der Waals surface area contributed by atoms with Crippen molar-refractivity contribution in [2.45, 2.75) is 63.9 Å². The van der Waals surface area contributed by atoms with Crippen molar-refractivity contribution >= 4 is 27.7 Å². The average molecular weight is 424 g/mol. The summed E-state index contributed by atoms with van der Waals surface area (Å²) in [6.07, 6.45) is 2.98. The topological polar surface area (TPSA) is 114 Å². The van der Waals surface area contributed by atoms with Gasteiger partial charge in [-0.05, 0) is 38.3 Å². The molecule has 8 nitrogen and oxygen atoms in total. The van der Waals surface area contributed by atoms with Crippen molar-refractivity contribution in [3.05, 3.63) is 29.8 Å². The van der Waals surface area contributed by atoms with E-state index in [9.17, 15) is 18.0 Å². The first-order valence-corrected chi connectivity index (χ1v) is 11.2. The normalized spacial score (nSPS) is 18.0. The van der Waals surface area contributed by atoms with Crippen molar-refractivity contribution in [2.24, 2.45) is 10.9 Å². The number of esters is 1. The van der Waals surface area contributed by atoms with Crippen molar-refractivity contribution < 1.29 is 22.7 Å². The molecule has 2 rings (SSSR count). The Morgan fingerprint density at radius 3 is 2.52 bits per heavy atom. The maximum atomic E-state index is 12.2. The first kappa shape index (κ1) is 22.9. The largest absolute Gasteiger partial charge is 0.454 e. The van der Waals surface area contributed by atoms with E-state index in [0.717, 1.165) is 19.3 Å². The highest BCUT2D eigenvalue weighted by Crippen LogP contribution is 2.22. The molecule has 2 N–H and O–H groups in total. The van der Waals surface area contributed by atoms with Crippen LogP contribution in [0.2, 0.25) is 0 Å². The molecule has 1 heterocycles. The van der Waals surface area contributed by atoms with E-state index in [0.29, 0.717) is 11.5 Å². The second-order valence-corrected chi connectivity index (χ2v) is 9.31. The molecule has 9 heteroatoms. The predicted octanol–water partition coefficient (Wildman–Crippen LogP) is 1.99. The van der Waals surface area contributed by atoms with Crippen LogP contribution in [0.15, 0.2) is 34.2 Å². The molecule has 0 spiro atoms. The molecule has 0 radical (unpaired) electrons. The summed E-state index contributed by atoms with van der Waals surface area (Å²) in [4.78, 5) is 28.4. The van der Waals surface area contributed by atoms with Crippen LogP contribution in [0.5, 0.6) is 0 Å². The Morgan fingerprint density at radius 2 is 1.83 bits per heavy atom. The number of ether oxygens (including phenoxy) is 1. The smallest absolute Gasteiger partial charge is 0.331 e. The molecule has 0 unspecified atom stereocenters. The third kappa shape index (κ3) is 6.56. The number of nitrogens with zero attached hydrogens (tertiary/aromatic N) is 1. The molecule has 0 fully saturated rings. The molecule has 1 aliphatic heterocycles. The van der Waals surface area contributed by atoms with Gasteiger partial charge in [-0.15, -0.1) is 0 Å². The molecule has 29 heavy (non-hydrogen) atoms. The summed E-state index contributed by atoms with van der Waals surface area (Å²) in [6, 6.07) is 5.42. The summed E-state index contributed by atoms with van der Waals surface area (Å²) in [6.45, 7) is 7.31. The fourth-order valence-corrected chi connectivity index (χ4v) is 4.19. The lowest BCUT2D eigenvalue weighted by Crippen LogP contribution is -2.36. The molecule has 0 aromatic heterocycles. The highest BCUT2D eigenvalue weighted by atomic mass is 32.2. The molecular formula is C20H29N3O5S. The minimum atomic E-state index is -3.68. The third-order valence-electron chi connectivity index (χ3n) is 4.50. The number of carbonyl (C=O) groups excluding carboxylic acids is 2. The Morgan fingerprint density at radius 1 is 1.14 bits per heavy atom. The third-order valence-corrected chi connectivity index (χ3v) is 5.90. The van der Waals surface area contributed by atoms with Crippen molar-refractivity contribution in [1.82, 2.24) is 10.0 Å². The van der Waals surface area contributed by atoms with Crippen LogP contribution in [0.25, 0.3) is 0 Å². The highest BCUT2D eigenvalue weighted by molar-refractivity contribution is 7.90.